The molecular formula is C12H21N3OS. The second kappa shape index (κ2) is 6.93. The zero-order chi connectivity index (χ0) is 12.7. The van der Waals surface area contributed by atoms with Crippen LogP contribution in [0.2, 0.25) is 0 Å². The van der Waals surface area contributed by atoms with Gasteiger partial charge in [-0.2, -0.15) is 0 Å². The van der Waals surface area contributed by atoms with Crippen LogP contribution < -0.4 is 5.32 Å². The molecule has 17 heavy (non-hydrogen) atoms. The number of hydrogen-bond donors (Lipinski definition) is 2. The molecule has 0 aromatic carbocycles. The van der Waals surface area contributed by atoms with Crippen LogP contribution in [0, 0.1) is 0 Å². The van der Waals surface area contributed by atoms with Gasteiger partial charge in [-0.25, -0.2) is 9.97 Å². The standard InChI is InChI=1S/C12H21N3OS/c1-10(2)15-12(3,8-16)5-7-17-11-4-6-13-9-14-11/h4,6,9-10,15-16H,5,7-8H2,1-3H3. The fraction of sp³-hybridized carbons (Fsp3) is 0.667. The van der Waals surface area contributed by atoms with Crippen molar-refractivity contribution in [2.24, 2.45) is 0 Å². The lowest BCUT2D eigenvalue weighted by Crippen LogP contribution is -2.49. The van der Waals surface area contributed by atoms with Crippen molar-refractivity contribution >= 4 is 11.8 Å². The third-order valence-electron chi connectivity index (χ3n) is 2.44. The summed E-state index contributed by atoms with van der Waals surface area (Å²) in [5, 5.41) is 13.8. The highest BCUT2D eigenvalue weighted by Crippen LogP contribution is 2.19. The van der Waals surface area contributed by atoms with E-state index in [1.165, 1.54) is 0 Å². The summed E-state index contributed by atoms with van der Waals surface area (Å²) in [7, 11) is 0. The fourth-order valence-corrected chi connectivity index (χ4v) is 2.68. The largest absolute Gasteiger partial charge is 0.394 e. The second-order valence-corrected chi connectivity index (χ2v) is 5.78. The van der Waals surface area contributed by atoms with Gasteiger partial charge in [0.2, 0.25) is 0 Å². The monoisotopic (exact) mass is 255 g/mol. The molecule has 4 nitrogen and oxygen atoms in total. The molecule has 0 fully saturated rings. The Hall–Kier alpha value is -0.650. The molecule has 1 aromatic heterocycles. The number of aromatic nitrogens is 2. The molecule has 0 saturated carbocycles. The number of nitrogens with one attached hydrogen (secondary N) is 1. The van der Waals surface area contributed by atoms with E-state index in [9.17, 15) is 5.11 Å². The molecule has 96 valence electrons. The summed E-state index contributed by atoms with van der Waals surface area (Å²) < 4.78 is 0. The maximum absolute atomic E-state index is 9.43. The summed E-state index contributed by atoms with van der Waals surface area (Å²) in [4.78, 5) is 8.03. The van der Waals surface area contributed by atoms with E-state index in [2.05, 4.69) is 29.1 Å². The van der Waals surface area contributed by atoms with Crippen LogP contribution in [0.5, 0.6) is 0 Å². The summed E-state index contributed by atoms with van der Waals surface area (Å²) in [6.45, 7) is 6.37. The number of aliphatic hydroxyl groups is 1. The fourth-order valence-electron chi connectivity index (χ4n) is 1.64. The third kappa shape index (κ3) is 5.48. The summed E-state index contributed by atoms with van der Waals surface area (Å²) in [6.07, 6.45) is 4.20. The Balaban J connectivity index is 2.38. The average Bonchev–Trinajstić information content (AvgIpc) is 2.29. The van der Waals surface area contributed by atoms with Gasteiger partial charge >= 0.3 is 0 Å². The van der Waals surface area contributed by atoms with Crippen LogP contribution in [0.4, 0.5) is 0 Å². The highest BCUT2D eigenvalue weighted by atomic mass is 32.2. The maximum Gasteiger partial charge on any atom is 0.116 e. The Morgan fingerprint density at radius 1 is 1.53 bits per heavy atom. The van der Waals surface area contributed by atoms with Crippen molar-refractivity contribution in [1.29, 1.82) is 0 Å². The number of rotatable bonds is 7. The van der Waals surface area contributed by atoms with Crippen LogP contribution in [-0.4, -0.2) is 39.0 Å². The highest BCUT2D eigenvalue weighted by Gasteiger charge is 2.23. The molecule has 1 heterocycles. The minimum Gasteiger partial charge on any atom is -0.394 e. The minimum absolute atomic E-state index is 0.148. The molecule has 1 atom stereocenters. The molecule has 0 bridgehead atoms. The van der Waals surface area contributed by atoms with E-state index >= 15 is 0 Å². The summed E-state index contributed by atoms with van der Waals surface area (Å²) in [5.74, 6) is 0.924. The molecule has 0 spiro atoms. The van der Waals surface area contributed by atoms with E-state index in [0.29, 0.717) is 6.04 Å². The predicted octanol–water partition coefficient (Wildman–Crippen LogP) is 1.71. The Labute approximate surface area is 107 Å². The van der Waals surface area contributed by atoms with Crippen LogP contribution in [0.3, 0.4) is 0 Å². The van der Waals surface area contributed by atoms with Crippen molar-refractivity contribution in [3.63, 3.8) is 0 Å². The third-order valence-corrected chi connectivity index (χ3v) is 3.39. The van der Waals surface area contributed by atoms with Crippen molar-refractivity contribution in [2.75, 3.05) is 12.4 Å². The van der Waals surface area contributed by atoms with Crippen molar-refractivity contribution in [2.45, 2.75) is 43.8 Å². The number of nitrogens with zero attached hydrogens (tertiary/aromatic N) is 2. The maximum atomic E-state index is 9.43. The van der Waals surface area contributed by atoms with Crippen LogP contribution in [0.25, 0.3) is 0 Å². The van der Waals surface area contributed by atoms with Gasteiger partial charge in [-0.05, 0) is 19.4 Å². The Morgan fingerprint density at radius 2 is 2.29 bits per heavy atom. The van der Waals surface area contributed by atoms with Gasteiger partial charge in [0.25, 0.3) is 0 Å². The number of aliphatic hydroxyl groups excluding tert-OH is 1. The first kappa shape index (κ1) is 14.4. The van der Waals surface area contributed by atoms with Gasteiger partial charge in [0.15, 0.2) is 0 Å². The van der Waals surface area contributed by atoms with E-state index in [-0.39, 0.29) is 12.1 Å². The molecule has 0 radical (unpaired) electrons. The molecule has 1 rings (SSSR count). The van der Waals surface area contributed by atoms with Crippen LogP contribution in [-0.2, 0) is 0 Å². The van der Waals surface area contributed by atoms with Crippen molar-refractivity contribution < 1.29 is 5.11 Å². The normalized spacial score (nSPS) is 14.9. The molecule has 5 heteroatoms. The summed E-state index contributed by atoms with van der Waals surface area (Å²) >= 11 is 1.69. The van der Waals surface area contributed by atoms with Crippen LogP contribution in [0.1, 0.15) is 27.2 Å². The first-order valence-electron chi connectivity index (χ1n) is 5.83. The van der Waals surface area contributed by atoms with Crippen molar-refractivity contribution in [1.82, 2.24) is 15.3 Å². The van der Waals surface area contributed by atoms with E-state index in [1.54, 1.807) is 24.3 Å². The first-order valence-corrected chi connectivity index (χ1v) is 6.82. The summed E-state index contributed by atoms with van der Waals surface area (Å²) in [5.41, 5.74) is -0.214. The zero-order valence-corrected chi connectivity index (χ0v) is 11.5. The van der Waals surface area contributed by atoms with E-state index < -0.39 is 0 Å². The molecule has 0 saturated heterocycles. The first-order chi connectivity index (χ1) is 8.06. The Kier molecular flexibility index (Phi) is 5.88. The smallest absolute Gasteiger partial charge is 0.116 e. The number of hydrogen-bond acceptors (Lipinski definition) is 5. The predicted molar refractivity (Wildman–Crippen MR) is 71.1 cm³/mol. The lowest BCUT2D eigenvalue weighted by Gasteiger charge is -2.31. The Morgan fingerprint density at radius 3 is 2.82 bits per heavy atom. The topological polar surface area (TPSA) is 58.0 Å². The van der Waals surface area contributed by atoms with E-state index in [4.69, 9.17) is 0 Å². The molecule has 2 N–H and O–H groups in total. The zero-order valence-electron chi connectivity index (χ0n) is 10.7. The molecule has 1 unspecified atom stereocenters. The lowest BCUT2D eigenvalue weighted by atomic mass is 9.99. The minimum atomic E-state index is -0.214. The van der Waals surface area contributed by atoms with E-state index in [0.717, 1.165) is 17.2 Å². The van der Waals surface area contributed by atoms with Gasteiger partial charge in [0.05, 0.1) is 11.6 Å². The van der Waals surface area contributed by atoms with Crippen LogP contribution >= 0.6 is 11.8 Å². The molecular weight excluding hydrogens is 234 g/mol. The Bertz CT molecular complexity index is 321. The van der Waals surface area contributed by atoms with Gasteiger partial charge in [0, 0.05) is 23.5 Å². The van der Waals surface area contributed by atoms with Crippen molar-refractivity contribution in [3.8, 4) is 0 Å². The SMILES string of the molecule is CC(C)NC(C)(CO)CCSc1ccncn1. The molecule has 1 aromatic rings. The lowest BCUT2D eigenvalue weighted by molar-refractivity contribution is 0.162. The second-order valence-electron chi connectivity index (χ2n) is 4.66. The number of thioether (sulfide) groups is 1. The van der Waals surface area contributed by atoms with Crippen LogP contribution in [0.15, 0.2) is 23.6 Å². The average molecular weight is 255 g/mol. The van der Waals surface area contributed by atoms with Gasteiger partial charge < -0.3 is 10.4 Å². The quantitative estimate of drug-likeness (QED) is 0.574. The molecule has 0 amide bonds. The van der Waals surface area contributed by atoms with Gasteiger partial charge in [0.1, 0.15) is 6.33 Å². The molecule has 0 aliphatic rings. The van der Waals surface area contributed by atoms with Gasteiger partial charge in [-0.3, -0.25) is 0 Å². The highest BCUT2D eigenvalue weighted by molar-refractivity contribution is 7.99. The molecule has 0 aliphatic carbocycles. The molecule has 0 aliphatic heterocycles. The van der Waals surface area contributed by atoms with E-state index in [1.807, 2.05) is 13.0 Å². The van der Waals surface area contributed by atoms with Crippen molar-refractivity contribution in [3.05, 3.63) is 18.6 Å². The van der Waals surface area contributed by atoms with Gasteiger partial charge in [-0.1, -0.05) is 13.8 Å². The van der Waals surface area contributed by atoms with Gasteiger partial charge in [-0.15, -0.1) is 11.8 Å². The summed E-state index contributed by atoms with van der Waals surface area (Å²) in [6, 6.07) is 2.27.